The fraction of sp³-hybridized carbons (Fsp3) is 0.375. The summed E-state index contributed by atoms with van der Waals surface area (Å²) in [6.45, 7) is 2.84. The molecule has 6 nitrogen and oxygen atoms in total. The highest BCUT2D eigenvalue weighted by Crippen LogP contribution is 2.28. The van der Waals surface area contributed by atoms with Crippen LogP contribution in [0.5, 0.6) is 0 Å². The predicted molar refractivity (Wildman–Crippen MR) is 86.8 cm³/mol. The predicted octanol–water partition coefficient (Wildman–Crippen LogP) is 4.04. The summed E-state index contributed by atoms with van der Waals surface area (Å²) in [6, 6.07) is 5.19. The summed E-state index contributed by atoms with van der Waals surface area (Å²) >= 11 is 0. The molecule has 0 amide bonds. The van der Waals surface area contributed by atoms with Gasteiger partial charge >= 0.3 is 5.69 Å². The molecule has 0 radical (unpaired) electrons. The molecule has 0 fully saturated rings. The number of pyridine rings is 2. The molecule has 0 spiro atoms. The maximum atomic E-state index is 11.3. The molecule has 0 aliphatic heterocycles. The average molecular weight is 300 g/mol. The van der Waals surface area contributed by atoms with Crippen molar-refractivity contribution in [1.82, 2.24) is 9.97 Å². The first-order chi connectivity index (χ1) is 10.7. The van der Waals surface area contributed by atoms with Crippen molar-refractivity contribution in [2.45, 2.75) is 32.6 Å². The standard InChI is InChI=1S/C16H20N4O2/c1-2-3-4-5-9-18-16-15(20(21)22)10-14(12-19-16)13-7-6-8-17-11-13/h6-8,10-12H,2-5,9H2,1H3,(H,18,19). The van der Waals surface area contributed by atoms with E-state index >= 15 is 0 Å². The smallest absolute Gasteiger partial charge is 0.311 e. The lowest BCUT2D eigenvalue weighted by atomic mass is 10.1. The summed E-state index contributed by atoms with van der Waals surface area (Å²) in [5.41, 5.74) is 1.50. The van der Waals surface area contributed by atoms with Gasteiger partial charge in [-0.05, 0) is 12.5 Å². The van der Waals surface area contributed by atoms with Gasteiger partial charge in [0.05, 0.1) is 4.92 Å². The monoisotopic (exact) mass is 300 g/mol. The number of unbranched alkanes of at least 4 members (excludes halogenated alkanes) is 3. The van der Waals surface area contributed by atoms with Crippen LogP contribution < -0.4 is 5.32 Å². The van der Waals surface area contributed by atoms with E-state index in [2.05, 4.69) is 22.2 Å². The van der Waals surface area contributed by atoms with E-state index in [1.807, 2.05) is 6.07 Å². The molecule has 0 atom stereocenters. The van der Waals surface area contributed by atoms with Crippen LogP contribution in [0.25, 0.3) is 11.1 Å². The topological polar surface area (TPSA) is 81.0 Å². The van der Waals surface area contributed by atoms with Crippen molar-refractivity contribution in [2.75, 3.05) is 11.9 Å². The Morgan fingerprint density at radius 2 is 2.09 bits per heavy atom. The van der Waals surface area contributed by atoms with Crippen molar-refractivity contribution in [2.24, 2.45) is 0 Å². The molecule has 22 heavy (non-hydrogen) atoms. The van der Waals surface area contributed by atoms with E-state index in [1.54, 1.807) is 30.7 Å². The van der Waals surface area contributed by atoms with Crippen molar-refractivity contribution in [3.63, 3.8) is 0 Å². The first-order valence-electron chi connectivity index (χ1n) is 7.51. The van der Waals surface area contributed by atoms with Gasteiger partial charge in [0, 0.05) is 42.3 Å². The Hall–Kier alpha value is -2.50. The lowest BCUT2D eigenvalue weighted by molar-refractivity contribution is -0.384. The molecule has 0 saturated carbocycles. The van der Waals surface area contributed by atoms with Crippen LogP contribution in [0, 0.1) is 10.1 Å². The van der Waals surface area contributed by atoms with E-state index in [0.29, 0.717) is 17.9 Å². The minimum atomic E-state index is -0.402. The summed E-state index contributed by atoms with van der Waals surface area (Å²) < 4.78 is 0. The third kappa shape index (κ3) is 4.25. The molecule has 2 heterocycles. The largest absolute Gasteiger partial charge is 0.364 e. The Balaban J connectivity index is 2.12. The van der Waals surface area contributed by atoms with Gasteiger partial charge in [-0.15, -0.1) is 0 Å². The zero-order chi connectivity index (χ0) is 15.8. The highest BCUT2D eigenvalue weighted by atomic mass is 16.6. The number of hydrogen-bond acceptors (Lipinski definition) is 5. The SMILES string of the molecule is CCCCCCNc1ncc(-c2cccnc2)cc1[N+](=O)[O-]. The van der Waals surface area contributed by atoms with E-state index in [4.69, 9.17) is 0 Å². The van der Waals surface area contributed by atoms with Gasteiger partial charge in [0.25, 0.3) is 0 Å². The zero-order valence-corrected chi connectivity index (χ0v) is 12.7. The molecule has 6 heteroatoms. The van der Waals surface area contributed by atoms with Gasteiger partial charge in [-0.25, -0.2) is 4.98 Å². The Kier molecular flexibility index (Phi) is 5.82. The molecule has 0 bridgehead atoms. The third-order valence-corrected chi connectivity index (χ3v) is 3.38. The van der Waals surface area contributed by atoms with Crippen LogP contribution in [0.4, 0.5) is 11.5 Å². The van der Waals surface area contributed by atoms with Crippen molar-refractivity contribution >= 4 is 11.5 Å². The summed E-state index contributed by atoms with van der Waals surface area (Å²) in [7, 11) is 0. The fourth-order valence-electron chi connectivity index (χ4n) is 2.18. The van der Waals surface area contributed by atoms with Crippen molar-refractivity contribution in [1.29, 1.82) is 0 Å². The second-order valence-corrected chi connectivity index (χ2v) is 5.08. The van der Waals surface area contributed by atoms with Crippen LogP contribution in [0.15, 0.2) is 36.8 Å². The van der Waals surface area contributed by atoms with E-state index in [1.165, 1.54) is 6.42 Å². The van der Waals surface area contributed by atoms with Crippen LogP contribution in [-0.2, 0) is 0 Å². The maximum absolute atomic E-state index is 11.3. The summed E-state index contributed by atoms with van der Waals surface area (Å²) in [4.78, 5) is 19.1. The highest BCUT2D eigenvalue weighted by molar-refractivity contribution is 5.69. The second-order valence-electron chi connectivity index (χ2n) is 5.08. The molecule has 0 aromatic carbocycles. The minimum Gasteiger partial charge on any atom is -0.364 e. The molecular weight excluding hydrogens is 280 g/mol. The van der Waals surface area contributed by atoms with Gasteiger partial charge in [0.15, 0.2) is 0 Å². The Bertz CT molecular complexity index is 617. The number of rotatable bonds is 8. The zero-order valence-electron chi connectivity index (χ0n) is 12.7. The van der Waals surface area contributed by atoms with E-state index in [-0.39, 0.29) is 5.69 Å². The number of anilines is 1. The van der Waals surface area contributed by atoms with Crippen molar-refractivity contribution in [3.8, 4) is 11.1 Å². The summed E-state index contributed by atoms with van der Waals surface area (Å²) in [6.07, 6.45) is 9.41. The molecule has 2 aromatic rings. The van der Waals surface area contributed by atoms with Crippen LogP contribution in [0.3, 0.4) is 0 Å². The first kappa shape index (κ1) is 15.9. The number of aromatic nitrogens is 2. The number of nitrogens with one attached hydrogen (secondary N) is 1. The van der Waals surface area contributed by atoms with E-state index in [9.17, 15) is 10.1 Å². The Morgan fingerprint density at radius 3 is 2.77 bits per heavy atom. The highest BCUT2D eigenvalue weighted by Gasteiger charge is 2.16. The Morgan fingerprint density at radius 1 is 1.23 bits per heavy atom. The number of hydrogen-bond donors (Lipinski definition) is 1. The minimum absolute atomic E-state index is 0.00292. The molecule has 0 saturated heterocycles. The molecule has 0 aliphatic carbocycles. The second kappa shape index (κ2) is 8.07. The molecule has 2 rings (SSSR count). The molecule has 116 valence electrons. The van der Waals surface area contributed by atoms with Crippen molar-refractivity contribution < 1.29 is 4.92 Å². The maximum Gasteiger partial charge on any atom is 0.311 e. The first-order valence-corrected chi connectivity index (χ1v) is 7.51. The third-order valence-electron chi connectivity index (χ3n) is 3.38. The normalized spacial score (nSPS) is 10.4. The van der Waals surface area contributed by atoms with Gasteiger partial charge in [-0.1, -0.05) is 32.3 Å². The number of nitro groups is 1. The van der Waals surface area contributed by atoms with Crippen LogP contribution >= 0.6 is 0 Å². The van der Waals surface area contributed by atoms with Gasteiger partial charge in [0.1, 0.15) is 0 Å². The molecule has 2 aromatic heterocycles. The molecule has 0 unspecified atom stereocenters. The molecule has 1 N–H and O–H groups in total. The summed E-state index contributed by atoms with van der Waals surface area (Å²) in [5.74, 6) is 0.328. The average Bonchev–Trinajstić information content (AvgIpc) is 2.55. The Labute approximate surface area is 129 Å². The quantitative estimate of drug-likeness (QED) is 0.452. The van der Waals surface area contributed by atoms with Crippen LogP contribution in [-0.4, -0.2) is 21.4 Å². The van der Waals surface area contributed by atoms with Gasteiger partial charge in [-0.3, -0.25) is 15.1 Å². The number of nitrogens with zero attached hydrogens (tertiary/aromatic N) is 3. The van der Waals surface area contributed by atoms with Crippen LogP contribution in [0.2, 0.25) is 0 Å². The molecular formula is C16H20N4O2. The van der Waals surface area contributed by atoms with Gasteiger partial charge < -0.3 is 5.32 Å². The van der Waals surface area contributed by atoms with Gasteiger partial charge in [0.2, 0.25) is 5.82 Å². The lowest BCUT2D eigenvalue weighted by Gasteiger charge is -2.07. The molecule has 0 aliphatic rings. The van der Waals surface area contributed by atoms with Crippen LogP contribution in [0.1, 0.15) is 32.6 Å². The van der Waals surface area contributed by atoms with Gasteiger partial charge in [-0.2, -0.15) is 0 Å². The fourth-order valence-corrected chi connectivity index (χ4v) is 2.18. The lowest BCUT2D eigenvalue weighted by Crippen LogP contribution is -2.06. The summed E-state index contributed by atoms with van der Waals surface area (Å²) in [5, 5.41) is 14.3. The van der Waals surface area contributed by atoms with E-state index in [0.717, 1.165) is 24.8 Å². The van der Waals surface area contributed by atoms with E-state index < -0.39 is 4.92 Å². The van der Waals surface area contributed by atoms with Crippen molar-refractivity contribution in [3.05, 3.63) is 46.9 Å².